The zero-order valence-corrected chi connectivity index (χ0v) is 11.0. The number of nitrogens with one attached hydrogen (secondary N) is 1. The van der Waals surface area contributed by atoms with Gasteiger partial charge in [0.25, 0.3) is 0 Å². The van der Waals surface area contributed by atoms with Crippen molar-refractivity contribution in [2.24, 2.45) is 0 Å². The number of hydrogen-bond donors (Lipinski definition) is 1. The standard InChI is InChI=1S/C15H18FNO2/c1-17-14(12-7-2-3-8-18-12)13-9-10-5-4-6-11(16)15(10)19-13/h4-6,9,12,14,17H,2-3,7-8H2,1H3. The molecule has 2 heterocycles. The second-order valence-electron chi connectivity index (χ2n) is 4.98. The first-order valence-electron chi connectivity index (χ1n) is 6.76. The maximum Gasteiger partial charge on any atom is 0.169 e. The van der Waals surface area contributed by atoms with Crippen LogP contribution in [0.1, 0.15) is 31.1 Å². The van der Waals surface area contributed by atoms with Gasteiger partial charge in [-0.05, 0) is 38.4 Å². The number of fused-ring (bicyclic) bond motifs is 1. The van der Waals surface area contributed by atoms with E-state index in [-0.39, 0.29) is 18.0 Å². The Morgan fingerprint density at radius 3 is 2.95 bits per heavy atom. The first-order chi connectivity index (χ1) is 9.29. The lowest BCUT2D eigenvalue weighted by molar-refractivity contribution is -0.0106. The summed E-state index contributed by atoms with van der Waals surface area (Å²) >= 11 is 0. The van der Waals surface area contributed by atoms with Gasteiger partial charge in [-0.1, -0.05) is 12.1 Å². The number of likely N-dealkylation sites (N-methyl/N-ethyl adjacent to an activating group) is 1. The maximum absolute atomic E-state index is 13.7. The van der Waals surface area contributed by atoms with E-state index in [1.165, 1.54) is 6.07 Å². The van der Waals surface area contributed by atoms with Crippen molar-refractivity contribution in [2.45, 2.75) is 31.4 Å². The molecule has 0 bridgehead atoms. The third kappa shape index (κ3) is 2.38. The van der Waals surface area contributed by atoms with E-state index in [4.69, 9.17) is 9.15 Å². The highest BCUT2D eigenvalue weighted by molar-refractivity contribution is 5.78. The van der Waals surface area contributed by atoms with Gasteiger partial charge in [-0.25, -0.2) is 4.39 Å². The number of rotatable bonds is 3. The van der Waals surface area contributed by atoms with E-state index in [2.05, 4.69) is 5.32 Å². The average Bonchev–Trinajstić information content (AvgIpc) is 2.86. The van der Waals surface area contributed by atoms with Crippen LogP contribution in [-0.4, -0.2) is 19.8 Å². The summed E-state index contributed by atoms with van der Waals surface area (Å²) in [6.07, 6.45) is 3.38. The highest BCUT2D eigenvalue weighted by Crippen LogP contribution is 2.31. The molecule has 2 atom stereocenters. The van der Waals surface area contributed by atoms with E-state index in [1.54, 1.807) is 6.07 Å². The molecule has 0 amide bonds. The second kappa shape index (κ2) is 5.31. The molecular formula is C15H18FNO2. The van der Waals surface area contributed by atoms with Crippen LogP contribution in [0.2, 0.25) is 0 Å². The Morgan fingerprint density at radius 2 is 2.26 bits per heavy atom. The van der Waals surface area contributed by atoms with Crippen molar-refractivity contribution in [1.82, 2.24) is 5.32 Å². The van der Waals surface area contributed by atoms with Crippen LogP contribution in [0.25, 0.3) is 11.0 Å². The average molecular weight is 263 g/mol. The summed E-state index contributed by atoms with van der Waals surface area (Å²) in [5.41, 5.74) is 0.327. The summed E-state index contributed by atoms with van der Waals surface area (Å²) in [6, 6.07) is 6.85. The lowest BCUT2D eigenvalue weighted by atomic mass is 10.00. The molecule has 2 aromatic rings. The Hall–Kier alpha value is -1.39. The van der Waals surface area contributed by atoms with Crippen LogP contribution in [0.3, 0.4) is 0 Å². The number of para-hydroxylation sites is 1. The van der Waals surface area contributed by atoms with Gasteiger partial charge in [-0.3, -0.25) is 0 Å². The molecule has 1 saturated heterocycles. The Kier molecular flexibility index (Phi) is 3.53. The fourth-order valence-corrected chi connectivity index (χ4v) is 2.74. The van der Waals surface area contributed by atoms with Crippen LogP contribution < -0.4 is 5.32 Å². The Bertz CT molecular complexity index is 560. The van der Waals surface area contributed by atoms with Crippen molar-refractivity contribution >= 4 is 11.0 Å². The zero-order valence-electron chi connectivity index (χ0n) is 11.0. The van der Waals surface area contributed by atoms with E-state index >= 15 is 0 Å². The molecule has 1 aromatic heterocycles. The molecule has 2 unspecified atom stereocenters. The van der Waals surface area contributed by atoms with E-state index in [0.717, 1.165) is 37.0 Å². The molecule has 4 heteroatoms. The number of hydrogen-bond acceptors (Lipinski definition) is 3. The van der Waals surface area contributed by atoms with Gasteiger partial charge in [0.15, 0.2) is 11.4 Å². The van der Waals surface area contributed by atoms with Crippen LogP contribution >= 0.6 is 0 Å². The summed E-state index contributed by atoms with van der Waals surface area (Å²) in [5.74, 6) is 0.428. The molecule has 0 saturated carbocycles. The molecule has 1 aliphatic heterocycles. The molecule has 1 N–H and O–H groups in total. The SMILES string of the molecule is CNC(c1cc2cccc(F)c2o1)C1CCCCO1. The summed E-state index contributed by atoms with van der Waals surface area (Å²) in [7, 11) is 1.88. The van der Waals surface area contributed by atoms with Crippen molar-refractivity contribution in [1.29, 1.82) is 0 Å². The maximum atomic E-state index is 13.7. The lowest BCUT2D eigenvalue weighted by Crippen LogP contribution is -2.33. The van der Waals surface area contributed by atoms with Crippen LogP contribution in [-0.2, 0) is 4.74 Å². The van der Waals surface area contributed by atoms with Crippen molar-refractivity contribution in [3.63, 3.8) is 0 Å². The third-order valence-corrected chi connectivity index (χ3v) is 3.72. The molecule has 19 heavy (non-hydrogen) atoms. The summed E-state index contributed by atoms with van der Waals surface area (Å²) in [5, 5.41) is 4.02. The first kappa shape index (κ1) is 12.6. The fraction of sp³-hybridized carbons (Fsp3) is 0.467. The van der Waals surface area contributed by atoms with Gasteiger partial charge < -0.3 is 14.5 Å². The molecule has 102 valence electrons. The molecule has 0 aliphatic carbocycles. The van der Waals surface area contributed by atoms with Gasteiger partial charge in [0, 0.05) is 12.0 Å². The normalized spacial score (nSPS) is 21.7. The van der Waals surface area contributed by atoms with Crippen LogP contribution in [0, 0.1) is 5.82 Å². The minimum absolute atomic E-state index is 0.0212. The minimum atomic E-state index is -0.317. The molecule has 1 fully saturated rings. The summed E-state index contributed by atoms with van der Waals surface area (Å²) in [4.78, 5) is 0. The number of benzene rings is 1. The van der Waals surface area contributed by atoms with Gasteiger partial charge in [-0.15, -0.1) is 0 Å². The van der Waals surface area contributed by atoms with E-state index in [1.807, 2.05) is 19.2 Å². The Labute approximate surface area is 111 Å². The second-order valence-corrected chi connectivity index (χ2v) is 4.98. The van der Waals surface area contributed by atoms with Crippen molar-refractivity contribution in [3.8, 4) is 0 Å². The van der Waals surface area contributed by atoms with E-state index in [0.29, 0.717) is 5.58 Å². The molecule has 3 nitrogen and oxygen atoms in total. The predicted molar refractivity (Wildman–Crippen MR) is 71.6 cm³/mol. The number of halogens is 1. The lowest BCUT2D eigenvalue weighted by Gasteiger charge is -2.28. The highest BCUT2D eigenvalue weighted by Gasteiger charge is 2.27. The Morgan fingerprint density at radius 1 is 1.37 bits per heavy atom. The fourth-order valence-electron chi connectivity index (χ4n) is 2.74. The van der Waals surface area contributed by atoms with Crippen molar-refractivity contribution < 1.29 is 13.5 Å². The van der Waals surface area contributed by atoms with Gasteiger partial charge in [0.05, 0.1) is 12.1 Å². The van der Waals surface area contributed by atoms with E-state index < -0.39 is 0 Å². The van der Waals surface area contributed by atoms with Gasteiger partial charge in [-0.2, -0.15) is 0 Å². The first-order valence-corrected chi connectivity index (χ1v) is 6.76. The quantitative estimate of drug-likeness (QED) is 0.921. The highest BCUT2D eigenvalue weighted by atomic mass is 19.1. The smallest absolute Gasteiger partial charge is 0.169 e. The molecule has 0 radical (unpaired) electrons. The number of ether oxygens (including phenoxy) is 1. The van der Waals surface area contributed by atoms with Gasteiger partial charge in [0.2, 0.25) is 0 Å². The van der Waals surface area contributed by atoms with Crippen molar-refractivity contribution in [3.05, 3.63) is 35.8 Å². The summed E-state index contributed by atoms with van der Waals surface area (Å²) in [6.45, 7) is 0.789. The third-order valence-electron chi connectivity index (χ3n) is 3.72. The molecule has 3 rings (SSSR count). The monoisotopic (exact) mass is 263 g/mol. The molecular weight excluding hydrogens is 245 g/mol. The zero-order chi connectivity index (χ0) is 13.2. The Balaban J connectivity index is 1.94. The largest absolute Gasteiger partial charge is 0.456 e. The molecule has 1 aromatic carbocycles. The van der Waals surface area contributed by atoms with Gasteiger partial charge >= 0.3 is 0 Å². The number of furan rings is 1. The minimum Gasteiger partial charge on any atom is -0.456 e. The van der Waals surface area contributed by atoms with Crippen LogP contribution in [0.15, 0.2) is 28.7 Å². The van der Waals surface area contributed by atoms with E-state index in [9.17, 15) is 4.39 Å². The topological polar surface area (TPSA) is 34.4 Å². The van der Waals surface area contributed by atoms with Crippen molar-refractivity contribution in [2.75, 3.05) is 13.7 Å². The van der Waals surface area contributed by atoms with Crippen LogP contribution in [0.4, 0.5) is 4.39 Å². The molecule has 1 aliphatic rings. The van der Waals surface area contributed by atoms with Gasteiger partial charge in [0.1, 0.15) is 5.76 Å². The summed E-state index contributed by atoms with van der Waals surface area (Å²) < 4.78 is 25.1. The predicted octanol–water partition coefficient (Wildman–Crippen LogP) is 3.40. The molecule has 0 spiro atoms. The van der Waals surface area contributed by atoms with Crippen LogP contribution in [0.5, 0.6) is 0 Å².